The predicted molar refractivity (Wildman–Crippen MR) is 68.0 cm³/mol. The molecule has 0 aromatic heterocycles. The molecule has 2 atom stereocenters. The number of rotatable bonds is 6. The van der Waals surface area contributed by atoms with E-state index in [0.29, 0.717) is 11.5 Å². The highest BCUT2D eigenvalue weighted by molar-refractivity contribution is 5.80. The Bertz CT molecular complexity index is 381. The fourth-order valence-corrected chi connectivity index (χ4v) is 1.17. The Hall–Kier alpha value is -1.84. The van der Waals surface area contributed by atoms with Gasteiger partial charge in [0.1, 0.15) is 11.5 Å². The third-order valence-electron chi connectivity index (χ3n) is 2.59. The van der Waals surface area contributed by atoms with Gasteiger partial charge in [-0.3, -0.25) is 9.59 Å². The van der Waals surface area contributed by atoms with E-state index in [0.717, 1.165) is 0 Å². The van der Waals surface area contributed by atoms with Crippen LogP contribution >= 0.6 is 0 Å². The summed E-state index contributed by atoms with van der Waals surface area (Å²) in [6, 6.07) is 6.84. The van der Waals surface area contributed by atoms with Crippen molar-refractivity contribution < 1.29 is 19.1 Å². The fraction of sp³-hybridized carbons (Fsp3) is 0.429. The minimum atomic E-state index is -0.465. The summed E-state index contributed by atoms with van der Waals surface area (Å²) in [6.45, 7) is 6.36. The molecular weight excluding hydrogens is 232 g/mol. The first-order valence-corrected chi connectivity index (χ1v) is 5.84. The van der Waals surface area contributed by atoms with Crippen LogP contribution in [0.3, 0.4) is 0 Å². The van der Waals surface area contributed by atoms with Gasteiger partial charge < -0.3 is 9.47 Å². The molecule has 4 heteroatoms. The number of hydrogen-bond donors (Lipinski definition) is 0. The lowest BCUT2D eigenvalue weighted by Gasteiger charge is -2.14. The van der Waals surface area contributed by atoms with Gasteiger partial charge in [-0.1, -0.05) is 0 Å². The van der Waals surface area contributed by atoms with Crippen molar-refractivity contribution in [2.45, 2.75) is 39.9 Å². The maximum absolute atomic E-state index is 11.0. The van der Waals surface area contributed by atoms with Crippen LogP contribution < -0.4 is 9.47 Å². The average Bonchev–Trinajstić information content (AvgIpc) is 2.31. The first kappa shape index (κ1) is 14.2. The summed E-state index contributed by atoms with van der Waals surface area (Å²) in [5.74, 6) is 1.14. The number of ketones is 2. The van der Waals surface area contributed by atoms with Gasteiger partial charge in [0.25, 0.3) is 0 Å². The van der Waals surface area contributed by atoms with Crippen molar-refractivity contribution in [3.8, 4) is 11.5 Å². The second-order valence-electron chi connectivity index (χ2n) is 4.21. The largest absolute Gasteiger partial charge is 0.483 e. The summed E-state index contributed by atoms with van der Waals surface area (Å²) in [5, 5.41) is 0. The first-order chi connectivity index (χ1) is 8.40. The van der Waals surface area contributed by atoms with E-state index in [1.54, 1.807) is 38.1 Å². The van der Waals surface area contributed by atoms with Gasteiger partial charge in [0.15, 0.2) is 23.8 Å². The Morgan fingerprint density at radius 3 is 1.33 bits per heavy atom. The van der Waals surface area contributed by atoms with E-state index in [4.69, 9.17) is 9.47 Å². The van der Waals surface area contributed by atoms with Gasteiger partial charge in [-0.05, 0) is 52.0 Å². The third-order valence-corrected chi connectivity index (χ3v) is 2.59. The molecule has 0 aliphatic carbocycles. The molecule has 18 heavy (non-hydrogen) atoms. The molecule has 0 fully saturated rings. The Kier molecular flexibility index (Phi) is 4.89. The van der Waals surface area contributed by atoms with Gasteiger partial charge in [0.05, 0.1) is 0 Å². The van der Waals surface area contributed by atoms with E-state index >= 15 is 0 Å². The maximum atomic E-state index is 11.0. The van der Waals surface area contributed by atoms with E-state index in [1.165, 1.54) is 13.8 Å². The zero-order chi connectivity index (χ0) is 13.7. The summed E-state index contributed by atoms with van der Waals surface area (Å²) in [6.07, 6.45) is -0.930. The molecule has 0 saturated carbocycles. The molecule has 0 saturated heterocycles. The number of hydrogen-bond acceptors (Lipinski definition) is 4. The predicted octanol–water partition coefficient (Wildman–Crippen LogP) is 2.40. The van der Waals surface area contributed by atoms with Crippen LogP contribution in [0.5, 0.6) is 11.5 Å². The Balaban J connectivity index is 2.63. The quantitative estimate of drug-likeness (QED) is 0.778. The maximum Gasteiger partial charge on any atom is 0.169 e. The number of carbonyl (C=O) groups is 2. The van der Waals surface area contributed by atoms with Crippen molar-refractivity contribution in [2.24, 2.45) is 0 Å². The van der Waals surface area contributed by atoms with Gasteiger partial charge in [0, 0.05) is 0 Å². The van der Waals surface area contributed by atoms with Gasteiger partial charge in [-0.15, -0.1) is 0 Å². The molecule has 0 heterocycles. The normalized spacial score (nSPS) is 13.6. The molecule has 0 bridgehead atoms. The third kappa shape index (κ3) is 4.20. The summed E-state index contributed by atoms with van der Waals surface area (Å²) in [5.41, 5.74) is 0. The van der Waals surface area contributed by atoms with Crippen molar-refractivity contribution in [1.29, 1.82) is 0 Å². The SMILES string of the molecule is CC(=O)[C@@H](C)Oc1ccc(O[C@H](C)C(C)=O)cc1. The van der Waals surface area contributed by atoms with Crippen molar-refractivity contribution in [2.75, 3.05) is 0 Å². The van der Waals surface area contributed by atoms with E-state index in [1.807, 2.05) is 0 Å². The molecule has 98 valence electrons. The highest BCUT2D eigenvalue weighted by Crippen LogP contribution is 2.19. The minimum Gasteiger partial charge on any atom is -0.483 e. The molecule has 0 aliphatic rings. The number of ether oxygens (including phenoxy) is 2. The highest BCUT2D eigenvalue weighted by Gasteiger charge is 2.11. The lowest BCUT2D eigenvalue weighted by Crippen LogP contribution is -2.21. The van der Waals surface area contributed by atoms with Crippen molar-refractivity contribution in [1.82, 2.24) is 0 Å². The van der Waals surface area contributed by atoms with Crippen LogP contribution in [0, 0.1) is 0 Å². The molecule has 0 amide bonds. The summed E-state index contributed by atoms with van der Waals surface area (Å²) in [7, 11) is 0. The number of carbonyl (C=O) groups excluding carboxylic acids is 2. The van der Waals surface area contributed by atoms with Gasteiger partial charge in [0.2, 0.25) is 0 Å². The van der Waals surface area contributed by atoms with Crippen LogP contribution in [-0.4, -0.2) is 23.8 Å². The molecule has 0 spiro atoms. The average molecular weight is 250 g/mol. The molecule has 0 N–H and O–H groups in total. The number of Topliss-reactive ketones (excluding diaryl/α,β-unsaturated/α-hetero) is 2. The van der Waals surface area contributed by atoms with Crippen molar-refractivity contribution in [3.63, 3.8) is 0 Å². The molecule has 4 nitrogen and oxygen atoms in total. The topological polar surface area (TPSA) is 52.6 Å². The fourth-order valence-electron chi connectivity index (χ4n) is 1.17. The first-order valence-electron chi connectivity index (χ1n) is 5.84. The minimum absolute atomic E-state index is 0.0273. The molecule has 1 aromatic rings. The van der Waals surface area contributed by atoms with Gasteiger partial charge in [-0.25, -0.2) is 0 Å². The molecular formula is C14H18O4. The second kappa shape index (κ2) is 6.19. The molecule has 1 aromatic carbocycles. The smallest absolute Gasteiger partial charge is 0.169 e. The van der Waals surface area contributed by atoms with Crippen molar-refractivity contribution in [3.05, 3.63) is 24.3 Å². The van der Waals surface area contributed by atoms with Crippen LogP contribution in [0.15, 0.2) is 24.3 Å². The Morgan fingerprint density at radius 1 is 0.833 bits per heavy atom. The lowest BCUT2D eigenvalue weighted by molar-refractivity contribution is -0.123. The summed E-state index contributed by atoms with van der Waals surface area (Å²) >= 11 is 0. The molecule has 0 radical (unpaired) electrons. The Labute approximate surface area is 107 Å². The number of benzene rings is 1. The van der Waals surface area contributed by atoms with Crippen LogP contribution in [0.2, 0.25) is 0 Å². The van der Waals surface area contributed by atoms with E-state index in [-0.39, 0.29) is 11.6 Å². The van der Waals surface area contributed by atoms with E-state index < -0.39 is 12.2 Å². The van der Waals surface area contributed by atoms with Crippen LogP contribution in [0.4, 0.5) is 0 Å². The zero-order valence-electron chi connectivity index (χ0n) is 11.1. The van der Waals surface area contributed by atoms with Gasteiger partial charge >= 0.3 is 0 Å². The van der Waals surface area contributed by atoms with Crippen molar-refractivity contribution >= 4 is 11.6 Å². The monoisotopic (exact) mass is 250 g/mol. The summed E-state index contributed by atoms with van der Waals surface area (Å²) < 4.78 is 10.8. The standard InChI is InChI=1S/C14H18O4/c1-9(15)11(3)17-13-5-7-14(8-6-13)18-12(4)10(2)16/h5-8,11-12H,1-4H3/t11-,12-/m1/s1. The van der Waals surface area contributed by atoms with Gasteiger partial charge in [-0.2, -0.15) is 0 Å². The van der Waals surface area contributed by atoms with Crippen LogP contribution in [0.25, 0.3) is 0 Å². The molecule has 0 unspecified atom stereocenters. The molecule has 0 aliphatic heterocycles. The zero-order valence-corrected chi connectivity index (χ0v) is 11.1. The van der Waals surface area contributed by atoms with E-state index in [2.05, 4.69) is 0 Å². The highest BCUT2D eigenvalue weighted by atomic mass is 16.5. The lowest BCUT2D eigenvalue weighted by atomic mass is 10.2. The van der Waals surface area contributed by atoms with Crippen LogP contribution in [0.1, 0.15) is 27.7 Å². The van der Waals surface area contributed by atoms with Crippen LogP contribution in [-0.2, 0) is 9.59 Å². The van der Waals surface area contributed by atoms with E-state index in [9.17, 15) is 9.59 Å². The Morgan fingerprint density at radius 2 is 1.11 bits per heavy atom. The molecule has 1 rings (SSSR count). The summed E-state index contributed by atoms with van der Waals surface area (Å²) in [4.78, 5) is 22.1. The second-order valence-corrected chi connectivity index (χ2v) is 4.21.